The van der Waals surface area contributed by atoms with Crippen LogP contribution in [-0.4, -0.2) is 30.8 Å². The molecule has 0 saturated carbocycles. The van der Waals surface area contributed by atoms with Gasteiger partial charge in [-0.2, -0.15) is 0 Å². The van der Waals surface area contributed by atoms with Crippen LogP contribution in [-0.2, 0) is 6.42 Å². The van der Waals surface area contributed by atoms with Crippen LogP contribution in [0.4, 0.5) is 16.5 Å². The molecule has 0 aliphatic heterocycles. The third-order valence-corrected chi connectivity index (χ3v) is 3.83. The molecule has 20 heavy (non-hydrogen) atoms. The quantitative estimate of drug-likeness (QED) is 0.769. The first-order chi connectivity index (χ1) is 9.69. The normalized spacial score (nSPS) is 10.6. The SMILES string of the molecule is CN(C)c1ccc(Nc2nc(CCCCO)cs2)cc1. The summed E-state index contributed by atoms with van der Waals surface area (Å²) in [7, 11) is 4.06. The molecule has 0 saturated heterocycles. The molecule has 5 heteroatoms. The lowest BCUT2D eigenvalue weighted by atomic mass is 10.2. The summed E-state index contributed by atoms with van der Waals surface area (Å²) >= 11 is 1.62. The Morgan fingerprint density at radius 3 is 2.60 bits per heavy atom. The first-order valence-electron chi connectivity index (χ1n) is 6.78. The minimum Gasteiger partial charge on any atom is -0.396 e. The molecule has 0 fully saturated rings. The molecule has 2 rings (SSSR count). The first kappa shape index (κ1) is 14.8. The van der Waals surface area contributed by atoms with Crippen molar-refractivity contribution in [1.82, 2.24) is 4.98 Å². The van der Waals surface area contributed by atoms with E-state index in [1.165, 1.54) is 5.69 Å². The first-order valence-corrected chi connectivity index (χ1v) is 7.66. The number of thiazole rings is 1. The van der Waals surface area contributed by atoms with Crippen LogP contribution in [0.15, 0.2) is 29.6 Å². The second kappa shape index (κ2) is 7.26. The smallest absolute Gasteiger partial charge is 0.187 e. The zero-order valence-electron chi connectivity index (χ0n) is 12.0. The van der Waals surface area contributed by atoms with Crippen LogP contribution in [0, 0.1) is 0 Å². The summed E-state index contributed by atoms with van der Waals surface area (Å²) in [5.41, 5.74) is 3.32. The van der Waals surface area contributed by atoms with E-state index in [2.05, 4.69) is 44.8 Å². The number of hydrogen-bond donors (Lipinski definition) is 2. The lowest BCUT2D eigenvalue weighted by Crippen LogP contribution is -2.08. The number of nitrogens with one attached hydrogen (secondary N) is 1. The van der Waals surface area contributed by atoms with E-state index in [1.807, 2.05) is 14.1 Å². The highest BCUT2D eigenvalue weighted by molar-refractivity contribution is 7.13. The van der Waals surface area contributed by atoms with Crippen molar-refractivity contribution in [2.24, 2.45) is 0 Å². The summed E-state index contributed by atoms with van der Waals surface area (Å²) in [5, 5.41) is 15.1. The molecule has 0 atom stereocenters. The fourth-order valence-electron chi connectivity index (χ4n) is 1.86. The van der Waals surface area contributed by atoms with E-state index >= 15 is 0 Å². The van der Waals surface area contributed by atoms with E-state index in [1.54, 1.807) is 11.3 Å². The van der Waals surface area contributed by atoms with Crippen LogP contribution < -0.4 is 10.2 Å². The van der Waals surface area contributed by atoms with E-state index in [-0.39, 0.29) is 6.61 Å². The second-order valence-corrected chi connectivity index (χ2v) is 5.75. The van der Waals surface area contributed by atoms with Crippen molar-refractivity contribution < 1.29 is 5.11 Å². The Kier molecular flexibility index (Phi) is 5.38. The molecule has 4 nitrogen and oxygen atoms in total. The zero-order valence-corrected chi connectivity index (χ0v) is 12.8. The molecule has 2 N–H and O–H groups in total. The van der Waals surface area contributed by atoms with Crippen LogP contribution in [0.2, 0.25) is 0 Å². The van der Waals surface area contributed by atoms with Crippen LogP contribution in [0.1, 0.15) is 18.5 Å². The molecule has 1 aromatic heterocycles. The molecule has 2 aromatic rings. The highest BCUT2D eigenvalue weighted by Gasteiger charge is 2.03. The number of unbranched alkanes of at least 4 members (excludes halogenated alkanes) is 1. The van der Waals surface area contributed by atoms with Gasteiger partial charge in [0.15, 0.2) is 5.13 Å². The zero-order chi connectivity index (χ0) is 14.4. The largest absolute Gasteiger partial charge is 0.396 e. The molecule has 1 aromatic carbocycles. The van der Waals surface area contributed by atoms with Gasteiger partial charge < -0.3 is 15.3 Å². The van der Waals surface area contributed by atoms with Crippen LogP contribution in [0.5, 0.6) is 0 Å². The Hall–Kier alpha value is -1.59. The monoisotopic (exact) mass is 291 g/mol. The average molecular weight is 291 g/mol. The average Bonchev–Trinajstić information content (AvgIpc) is 2.87. The van der Waals surface area contributed by atoms with Gasteiger partial charge >= 0.3 is 0 Å². The van der Waals surface area contributed by atoms with Crippen molar-refractivity contribution in [3.63, 3.8) is 0 Å². The Morgan fingerprint density at radius 2 is 1.95 bits per heavy atom. The summed E-state index contributed by atoms with van der Waals surface area (Å²) in [4.78, 5) is 6.63. The van der Waals surface area contributed by atoms with Crippen molar-refractivity contribution in [2.45, 2.75) is 19.3 Å². The summed E-state index contributed by atoms with van der Waals surface area (Å²) < 4.78 is 0. The molecule has 0 aliphatic rings. The fourth-order valence-corrected chi connectivity index (χ4v) is 2.63. The summed E-state index contributed by atoms with van der Waals surface area (Å²) in [6.45, 7) is 0.257. The Morgan fingerprint density at radius 1 is 1.20 bits per heavy atom. The second-order valence-electron chi connectivity index (χ2n) is 4.89. The molecule has 0 spiro atoms. The number of anilines is 3. The number of benzene rings is 1. The van der Waals surface area contributed by atoms with Gasteiger partial charge in [0, 0.05) is 37.5 Å². The van der Waals surface area contributed by atoms with Crippen molar-refractivity contribution in [3.8, 4) is 0 Å². The lowest BCUT2D eigenvalue weighted by Gasteiger charge is -2.12. The summed E-state index contributed by atoms with van der Waals surface area (Å²) in [6, 6.07) is 8.28. The highest BCUT2D eigenvalue weighted by atomic mass is 32.1. The maximum Gasteiger partial charge on any atom is 0.187 e. The van der Waals surface area contributed by atoms with Gasteiger partial charge in [0.1, 0.15) is 0 Å². The van der Waals surface area contributed by atoms with Crippen molar-refractivity contribution in [2.75, 3.05) is 30.9 Å². The Bertz CT molecular complexity index is 522. The predicted octanol–water partition coefficient (Wildman–Crippen LogP) is 3.27. The molecule has 0 radical (unpaired) electrons. The molecule has 0 aliphatic carbocycles. The van der Waals surface area contributed by atoms with Crippen LogP contribution >= 0.6 is 11.3 Å². The number of hydrogen-bond acceptors (Lipinski definition) is 5. The van der Waals surface area contributed by atoms with Crippen LogP contribution in [0.25, 0.3) is 0 Å². The third-order valence-electron chi connectivity index (χ3n) is 3.03. The molecule has 1 heterocycles. The van der Waals surface area contributed by atoms with E-state index < -0.39 is 0 Å². The van der Waals surface area contributed by atoms with Gasteiger partial charge in [-0.05, 0) is 43.5 Å². The van der Waals surface area contributed by atoms with Crippen molar-refractivity contribution in [1.29, 1.82) is 0 Å². The third kappa shape index (κ3) is 4.21. The standard InChI is InChI=1S/C15H21N3OS/c1-18(2)14-8-6-12(7-9-14)16-15-17-13(11-20-15)5-3-4-10-19/h6-9,11,19H,3-5,10H2,1-2H3,(H,16,17). The van der Waals surface area contributed by atoms with Gasteiger partial charge in [-0.1, -0.05) is 0 Å². The number of rotatable bonds is 7. The minimum absolute atomic E-state index is 0.257. The highest BCUT2D eigenvalue weighted by Crippen LogP contribution is 2.23. The van der Waals surface area contributed by atoms with Crippen molar-refractivity contribution in [3.05, 3.63) is 35.3 Å². The van der Waals surface area contributed by atoms with Gasteiger partial charge in [-0.25, -0.2) is 4.98 Å². The van der Waals surface area contributed by atoms with E-state index in [0.29, 0.717) is 0 Å². The van der Waals surface area contributed by atoms with Gasteiger partial charge in [0.25, 0.3) is 0 Å². The Balaban J connectivity index is 1.92. The number of aliphatic hydroxyl groups excluding tert-OH is 1. The van der Waals surface area contributed by atoms with E-state index in [4.69, 9.17) is 5.11 Å². The topological polar surface area (TPSA) is 48.4 Å². The maximum absolute atomic E-state index is 8.77. The number of aliphatic hydroxyl groups is 1. The van der Waals surface area contributed by atoms with Crippen molar-refractivity contribution >= 4 is 27.8 Å². The fraction of sp³-hybridized carbons (Fsp3) is 0.400. The summed E-state index contributed by atoms with van der Waals surface area (Å²) in [6.07, 6.45) is 2.75. The maximum atomic E-state index is 8.77. The van der Waals surface area contributed by atoms with E-state index in [9.17, 15) is 0 Å². The molecule has 0 unspecified atom stereocenters. The minimum atomic E-state index is 0.257. The van der Waals surface area contributed by atoms with Crippen LogP contribution in [0.3, 0.4) is 0 Å². The molecule has 0 bridgehead atoms. The molecular formula is C15H21N3OS. The van der Waals surface area contributed by atoms with E-state index in [0.717, 1.165) is 35.8 Å². The predicted molar refractivity (Wildman–Crippen MR) is 86.2 cm³/mol. The molecular weight excluding hydrogens is 270 g/mol. The van der Waals surface area contributed by atoms with Gasteiger partial charge in [0.05, 0.1) is 5.69 Å². The number of nitrogens with zero attached hydrogens (tertiary/aromatic N) is 2. The Labute approximate surface area is 124 Å². The number of aromatic nitrogens is 1. The number of aryl methyl sites for hydroxylation is 1. The van der Waals surface area contributed by atoms with Gasteiger partial charge in [-0.15, -0.1) is 11.3 Å². The van der Waals surface area contributed by atoms with Gasteiger partial charge in [-0.3, -0.25) is 0 Å². The molecule has 0 amide bonds. The summed E-state index contributed by atoms with van der Waals surface area (Å²) in [5.74, 6) is 0. The van der Waals surface area contributed by atoms with Gasteiger partial charge in [0.2, 0.25) is 0 Å². The molecule has 108 valence electrons. The lowest BCUT2D eigenvalue weighted by molar-refractivity contribution is 0.284.